The van der Waals surface area contributed by atoms with Crippen molar-refractivity contribution in [1.29, 1.82) is 0 Å². The van der Waals surface area contributed by atoms with Gasteiger partial charge in [0.25, 0.3) is 0 Å². The fraction of sp³-hybridized carbons (Fsp3) is 0.217. The third-order valence-corrected chi connectivity index (χ3v) is 5.34. The van der Waals surface area contributed by atoms with Crippen LogP contribution < -0.4 is 14.8 Å². The lowest BCUT2D eigenvalue weighted by Crippen LogP contribution is -2.27. The second kappa shape index (κ2) is 8.13. The summed E-state index contributed by atoms with van der Waals surface area (Å²) in [7, 11) is 1.59. The Labute approximate surface area is 174 Å². The van der Waals surface area contributed by atoms with Gasteiger partial charge in [-0.05, 0) is 48.7 Å². The van der Waals surface area contributed by atoms with E-state index in [1.165, 1.54) is 0 Å². The van der Waals surface area contributed by atoms with Gasteiger partial charge in [-0.2, -0.15) is 0 Å². The molecule has 1 aliphatic rings. The predicted octanol–water partition coefficient (Wildman–Crippen LogP) is 4.99. The van der Waals surface area contributed by atoms with E-state index >= 15 is 0 Å². The molecule has 1 heterocycles. The van der Waals surface area contributed by atoms with E-state index in [1.54, 1.807) is 31.6 Å². The van der Waals surface area contributed by atoms with Crippen LogP contribution >= 0.6 is 11.6 Å². The number of halogens is 1. The second-order valence-electron chi connectivity index (χ2n) is 7.06. The van der Waals surface area contributed by atoms with Crippen LogP contribution in [0.2, 0.25) is 5.02 Å². The number of carbonyl (C=O) groups excluding carboxylic acids is 1. The number of nitrogens with one attached hydrogen (secondary N) is 1. The number of hydrogen-bond donors (Lipinski definition) is 1. The molecular weight excluding hydrogens is 388 g/mol. The van der Waals surface area contributed by atoms with Crippen molar-refractivity contribution in [3.05, 3.63) is 83.1 Å². The van der Waals surface area contributed by atoms with Crippen LogP contribution in [0.5, 0.6) is 11.5 Å². The van der Waals surface area contributed by atoms with Crippen LogP contribution in [0, 0.1) is 0 Å². The van der Waals surface area contributed by atoms with Crippen molar-refractivity contribution in [2.75, 3.05) is 12.4 Å². The maximum atomic E-state index is 13.0. The van der Waals surface area contributed by atoms with Gasteiger partial charge in [0.05, 0.1) is 12.5 Å². The lowest BCUT2D eigenvalue weighted by molar-refractivity contribution is -0.118. The molecule has 0 saturated heterocycles. The van der Waals surface area contributed by atoms with Gasteiger partial charge in [0.2, 0.25) is 5.91 Å². The summed E-state index contributed by atoms with van der Waals surface area (Å²) in [5, 5.41) is 3.66. The molecule has 29 heavy (non-hydrogen) atoms. The molecule has 0 aliphatic heterocycles. The molecule has 6 heteroatoms. The summed E-state index contributed by atoms with van der Waals surface area (Å²) in [6, 6.07) is 16.7. The van der Waals surface area contributed by atoms with Crippen LogP contribution in [-0.2, 0) is 16.8 Å². The Morgan fingerprint density at radius 2 is 2.00 bits per heavy atom. The molecule has 0 spiro atoms. The average Bonchev–Trinajstić information content (AvgIpc) is 3.55. The van der Waals surface area contributed by atoms with E-state index in [-0.39, 0.29) is 5.91 Å². The summed E-state index contributed by atoms with van der Waals surface area (Å²) < 4.78 is 11.3. The Balaban J connectivity index is 1.51. The molecule has 0 unspecified atom stereocenters. The fourth-order valence-electron chi connectivity index (χ4n) is 3.32. The zero-order chi connectivity index (χ0) is 20.3. The molecule has 0 atom stereocenters. The third kappa shape index (κ3) is 4.20. The molecule has 1 N–H and O–H groups in total. The highest BCUT2D eigenvalue weighted by Gasteiger charge is 2.51. The number of amides is 1. The number of carbonyl (C=O) groups is 1. The number of benzene rings is 2. The minimum atomic E-state index is -0.512. The van der Waals surface area contributed by atoms with Gasteiger partial charge in [-0.25, -0.2) is 0 Å². The zero-order valence-electron chi connectivity index (χ0n) is 16.0. The standard InChI is InChI=1S/C23H21ClN2O3/c1-28-20-8-7-19(13-21(20)29-15-16-4-3-11-25-14-16)26-22(27)23(9-10-23)17-5-2-6-18(24)12-17/h2-8,11-14H,9-10,15H2,1H3,(H,26,27). The van der Waals surface area contributed by atoms with Gasteiger partial charge in [-0.3, -0.25) is 9.78 Å². The molecule has 1 amide bonds. The highest BCUT2D eigenvalue weighted by atomic mass is 35.5. The lowest BCUT2D eigenvalue weighted by Gasteiger charge is -2.17. The zero-order valence-corrected chi connectivity index (χ0v) is 16.8. The first kappa shape index (κ1) is 19.3. The van der Waals surface area contributed by atoms with Crippen LogP contribution in [0.4, 0.5) is 5.69 Å². The van der Waals surface area contributed by atoms with Crippen molar-refractivity contribution in [3.8, 4) is 11.5 Å². The predicted molar refractivity (Wildman–Crippen MR) is 113 cm³/mol. The first-order valence-corrected chi connectivity index (χ1v) is 9.76. The van der Waals surface area contributed by atoms with Crippen molar-refractivity contribution in [2.24, 2.45) is 0 Å². The van der Waals surface area contributed by atoms with Gasteiger partial charge >= 0.3 is 0 Å². The smallest absolute Gasteiger partial charge is 0.235 e. The first-order valence-electron chi connectivity index (χ1n) is 9.38. The molecule has 5 nitrogen and oxygen atoms in total. The number of methoxy groups -OCH3 is 1. The molecule has 3 aromatic rings. The maximum absolute atomic E-state index is 13.0. The second-order valence-corrected chi connectivity index (χ2v) is 7.50. The number of anilines is 1. The summed E-state index contributed by atoms with van der Waals surface area (Å²) in [5.41, 5.74) is 2.04. The maximum Gasteiger partial charge on any atom is 0.235 e. The average molecular weight is 409 g/mol. The van der Waals surface area contributed by atoms with Crippen molar-refractivity contribution >= 4 is 23.2 Å². The van der Waals surface area contributed by atoms with E-state index in [0.717, 1.165) is 24.0 Å². The summed E-state index contributed by atoms with van der Waals surface area (Å²) in [6.07, 6.45) is 5.08. The van der Waals surface area contributed by atoms with Crippen molar-refractivity contribution in [1.82, 2.24) is 4.98 Å². The lowest BCUT2D eigenvalue weighted by atomic mass is 9.95. The Hall–Kier alpha value is -3.05. The quantitative estimate of drug-likeness (QED) is 0.598. The number of aromatic nitrogens is 1. The van der Waals surface area contributed by atoms with Crippen molar-refractivity contribution in [2.45, 2.75) is 24.9 Å². The van der Waals surface area contributed by atoms with Gasteiger partial charge < -0.3 is 14.8 Å². The van der Waals surface area contributed by atoms with Crippen molar-refractivity contribution in [3.63, 3.8) is 0 Å². The van der Waals surface area contributed by atoms with E-state index in [1.807, 2.05) is 42.5 Å². The van der Waals surface area contributed by atoms with Crippen LogP contribution in [0.1, 0.15) is 24.0 Å². The van der Waals surface area contributed by atoms with Gasteiger partial charge in [0.1, 0.15) is 6.61 Å². The summed E-state index contributed by atoms with van der Waals surface area (Å²) in [5.74, 6) is 1.12. The number of ether oxygens (including phenoxy) is 2. The Morgan fingerprint density at radius 1 is 1.14 bits per heavy atom. The Bertz CT molecular complexity index is 1020. The van der Waals surface area contributed by atoms with E-state index in [4.69, 9.17) is 21.1 Å². The van der Waals surface area contributed by atoms with E-state index in [2.05, 4.69) is 10.3 Å². The van der Waals surface area contributed by atoms with Crippen molar-refractivity contribution < 1.29 is 14.3 Å². The van der Waals surface area contributed by atoms with Gasteiger partial charge in [0, 0.05) is 34.7 Å². The molecule has 1 fully saturated rings. The molecule has 148 valence electrons. The van der Waals surface area contributed by atoms with Crippen LogP contribution in [0.15, 0.2) is 67.0 Å². The highest BCUT2D eigenvalue weighted by molar-refractivity contribution is 6.30. The topological polar surface area (TPSA) is 60.5 Å². The fourth-order valence-corrected chi connectivity index (χ4v) is 3.51. The summed E-state index contributed by atoms with van der Waals surface area (Å²) >= 11 is 6.12. The van der Waals surface area contributed by atoms with Gasteiger partial charge in [-0.1, -0.05) is 29.8 Å². The van der Waals surface area contributed by atoms with Gasteiger partial charge in [-0.15, -0.1) is 0 Å². The van der Waals surface area contributed by atoms with Crippen LogP contribution in [0.3, 0.4) is 0 Å². The van der Waals surface area contributed by atoms with Gasteiger partial charge in [0.15, 0.2) is 11.5 Å². The number of nitrogens with zero attached hydrogens (tertiary/aromatic N) is 1. The molecule has 0 bridgehead atoms. The van der Waals surface area contributed by atoms with E-state index in [0.29, 0.717) is 28.8 Å². The monoisotopic (exact) mass is 408 g/mol. The summed E-state index contributed by atoms with van der Waals surface area (Å²) in [4.78, 5) is 17.1. The molecule has 1 aliphatic carbocycles. The number of rotatable bonds is 7. The normalized spacial score (nSPS) is 14.1. The largest absolute Gasteiger partial charge is 0.493 e. The molecule has 1 saturated carbocycles. The van der Waals surface area contributed by atoms with E-state index in [9.17, 15) is 4.79 Å². The highest BCUT2D eigenvalue weighted by Crippen LogP contribution is 2.49. The third-order valence-electron chi connectivity index (χ3n) is 5.10. The Kier molecular flexibility index (Phi) is 5.41. The summed E-state index contributed by atoms with van der Waals surface area (Å²) in [6.45, 7) is 0.355. The SMILES string of the molecule is COc1ccc(NC(=O)C2(c3cccc(Cl)c3)CC2)cc1OCc1cccnc1. The number of pyridine rings is 1. The Morgan fingerprint density at radius 3 is 2.69 bits per heavy atom. The minimum absolute atomic E-state index is 0.0388. The molecule has 4 rings (SSSR count). The van der Waals surface area contributed by atoms with Crippen LogP contribution in [-0.4, -0.2) is 18.0 Å². The van der Waals surface area contributed by atoms with Crippen LogP contribution in [0.25, 0.3) is 0 Å². The molecular formula is C23H21ClN2O3. The molecule has 0 radical (unpaired) electrons. The first-order chi connectivity index (χ1) is 14.1. The van der Waals surface area contributed by atoms with E-state index < -0.39 is 5.41 Å². The minimum Gasteiger partial charge on any atom is -0.493 e. The molecule has 2 aromatic carbocycles. The number of hydrogen-bond acceptors (Lipinski definition) is 4. The molecule has 1 aromatic heterocycles.